The van der Waals surface area contributed by atoms with E-state index in [4.69, 9.17) is 9.15 Å². The van der Waals surface area contributed by atoms with E-state index in [1.165, 1.54) is 19.2 Å². The van der Waals surface area contributed by atoms with E-state index < -0.39 is 46.2 Å². The van der Waals surface area contributed by atoms with E-state index >= 15 is 0 Å². The van der Waals surface area contributed by atoms with Crippen LogP contribution in [-0.2, 0) is 14.8 Å². The van der Waals surface area contributed by atoms with Crippen LogP contribution in [0.3, 0.4) is 0 Å². The first-order valence-corrected chi connectivity index (χ1v) is 11.5. The molecule has 1 atom stereocenters. The molecule has 1 aliphatic heterocycles. The van der Waals surface area contributed by atoms with Crippen LogP contribution in [0.15, 0.2) is 40.8 Å². The molecule has 0 radical (unpaired) electrons. The Morgan fingerprint density at radius 2 is 1.85 bits per heavy atom. The summed E-state index contributed by atoms with van der Waals surface area (Å²) >= 11 is 0. The second-order valence-electron chi connectivity index (χ2n) is 7.43. The van der Waals surface area contributed by atoms with E-state index in [9.17, 15) is 30.8 Å². The maximum absolute atomic E-state index is 13.8. The van der Waals surface area contributed by atoms with Crippen LogP contribution in [0.4, 0.5) is 23.2 Å². The number of alkyl halides is 3. The fourth-order valence-corrected chi connectivity index (χ4v) is 4.73. The van der Waals surface area contributed by atoms with Crippen molar-refractivity contribution in [3.05, 3.63) is 53.3 Å². The molecule has 2 heterocycles. The quantitative estimate of drug-likeness (QED) is 0.566. The average molecular weight is 486 g/mol. The van der Waals surface area contributed by atoms with Crippen molar-refractivity contribution in [1.82, 2.24) is 5.32 Å². The third-order valence-electron chi connectivity index (χ3n) is 5.23. The minimum atomic E-state index is -4.84. The third-order valence-corrected chi connectivity index (χ3v) is 6.41. The number of nitrogens with zero attached hydrogens (tertiary/aromatic N) is 1. The van der Waals surface area contributed by atoms with Crippen molar-refractivity contribution in [3.63, 3.8) is 0 Å². The molecular weight excluding hydrogens is 468 g/mol. The second-order valence-corrected chi connectivity index (χ2v) is 9.33. The van der Waals surface area contributed by atoms with Gasteiger partial charge in [0.25, 0.3) is 5.91 Å². The van der Waals surface area contributed by atoms with Gasteiger partial charge in [-0.1, -0.05) is 0 Å². The first kappa shape index (κ1) is 23.1. The summed E-state index contributed by atoms with van der Waals surface area (Å²) in [7, 11) is -2.62. The van der Waals surface area contributed by atoms with E-state index in [0.29, 0.717) is 5.56 Å². The molecule has 3 aromatic rings. The molecule has 1 N–H and O–H groups in total. The second kappa shape index (κ2) is 8.03. The summed E-state index contributed by atoms with van der Waals surface area (Å²) in [5.74, 6) is -1.18. The summed E-state index contributed by atoms with van der Waals surface area (Å²) in [6.45, 7) is -0.825. The van der Waals surface area contributed by atoms with Crippen LogP contribution in [0, 0.1) is 5.82 Å². The molecule has 33 heavy (non-hydrogen) atoms. The van der Waals surface area contributed by atoms with Crippen molar-refractivity contribution in [1.29, 1.82) is 0 Å². The van der Waals surface area contributed by atoms with E-state index in [1.807, 2.05) is 0 Å². The zero-order valence-electron chi connectivity index (χ0n) is 17.4. The zero-order valence-corrected chi connectivity index (χ0v) is 18.2. The van der Waals surface area contributed by atoms with Gasteiger partial charge in [0.2, 0.25) is 10.0 Å². The lowest BCUT2D eigenvalue weighted by molar-refractivity contribution is -0.221. The van der Waals surface area contributed by atoms with Gasteiger partial charge in [-0.2, -0.15) is 13.2 Å². The molecule has 0 fully saturated rings. The molecule has 0 bridgehead atoms. The number of halogens is 4. The van der Waals surface area contributed by atoms with Gasteiger partial charge in [-0.3, -0.25) is 9.10 Å². The van der Waals surface area contributed by atoms with E-state index in [1.54, 1.807) is 0 Å². The Morgan fingerprint density at radius 1 is 1.18 bits per heavy atom. The molecule has 12 heteroatoms. The Bertz CT molecular complexity index is 1330. The summed E-state index contributed by atoms with van der Waals surface area (Å²) in [4.78, 5) is 12.7. The van der Waals surface area contributed by atoms with Gasteiger partial charge in [0.05, 0.1) is 30.7 Å². The fourth-order valence-electron chi connectivity index (χ4n) is 3.81. The van der Waals surface area contributed by atoms with Crippen molar-refractivity contribution >= 4 is 32.6 Å². The van der Waals surface area contributed by atoms with Crippen LogP contribution in [0.5, 0.6) is 0 Å². The van der Waals surface area contributed by atoms with Crippen molar-refractivity contribution in [2.45, 2.75) is 12.3 Å². The molecule has 0 aliphatic carbocycles. The van der Waals surface area contributed by atoms with Gasteiger partial charge < -0.3 is 14.5 Å². The molecular formula is C21H18F4N2O5S. The molecule has 1 unspecified atom stereocenters. The Kier molecular flexibility index (Phi) is 5.61. The maximum Gasteiger partial charge on any atom is 0.418 e. The molecule has 0 saturated heterocycles. The highest BCUT2D eigenvalue weighted by atomic mass is 32.2. The van der Waals surface area contributed by atoms with Gasteiger partial charge in [0.1, 0.15) is 17.2 Å². The lowest BCUT2D eigenvalue weighted by Crippen LogP contribution is -2.32. The van der Waals surface area contributed by atoms with Gasteiger partial charge >= 0.3 is 6.18 Å². The number of carbonyl (C=O) groups excluding carboxylic acids is 1. The fraction of sp³-hybridized carbons (Fsp3) is 0.286. The summed E-state index contributed by atoms with van der Waals surface area (Å²) in [5.41, 5.74) is -0.492. The van der Waals surface area contributed by atoms with E-state index in [2.05, 4.69) is 5.32 Å². The van der Waals surface area contributed by atoms with Crippen LogP contribution in [0.1, 0.15) is 22.0 Å². The first-order valence-electron chi connectivity index (χ1n) is 9.66. The molecule has 1 amide bonds. The Balaban J connectivity index is 2.07. The number of fused-ring (bicyclic) bond motifs is 2. The number of anilines is 1. The number of carbonyl (C=O) groups is 1. The van der Waals surface area contributed by atoms with Gasteiger partial charge in [0.15, 0.2) is 6.10 Å². The lowest BCUT2D eigenvalue weighted by atomic mass is 9.99. The number of nitrogens with one attached hydrogen (secondary N) is 1. The number of amides is 1. The highest BCUT2D eigenvalue weighted by Crippen LogP contribution is 2.46. The van der Waals surface area contributed by atoms with Crippen molar-refractivity contribution in [3.8, 4) is 11.3 Å². The number of hydrogen-bond acceptors (Lipinski definition) is 5. The summed E-state index contributed by atoms with van der Waals surface area (Å²) in [5, 5.41) is 2.44. The SMILES string of the molecule is CNC(=O)c1c(-c2ccc(F)cc2)oc2cc3c(cc12)C(C(F)(F)F)OCCN3S(C)(=O)=O. The minimum Gasteiger partial charge on any atom is -0.455 e. The summed E-state index contributed by atoms with van der Waals surface area (Å²) in [6.07, 6.45) is -6.38. The summed E-state index contributed by atoms with van der Waals surface area (Å²) in [6, 6.07) is 7.21. The van der Waals surface area contributed by atoms with E-state index in [0.717, 1.165) is 34.8 Å². The van der Waals surface area contributed by atoms with Gasteiger partial charge in [-0.05, 0) is 30.3 Å². The smallest absolute Gasteiger partial charge is 0.418 e. The monoisotopic (exact) mass is 486 g/mol. The molecule has 176 valence electrons. The highest BCUT2D eigenvalue weighted by molar-refractivity contribution is 7.92. The minimum absolute atomic E-state index is 0.0000999. The average Bonchev–Trinajstić information content (AvgIpc) is 2.97. The van der Waals surface area contributed by atoms with Crippen molar-refractivity contribution in [2.24, 2.45) is 0 Å². The van der Waals surface area contributed by atoms with Crippen LogP contribution in [-0.4, -0.2) is 47.0 Å². The number of rotatable bonds is 3. The predicted molar refractivity (Wildman–Crippen MR) is 112 cm³/mol. The standard InChI is InChI=1S/C21H18F4N2O5S/c1-26-20(28)17-14-9-13-15(10-16(14)32-18(17)11-3-5-12(22)6-4-11)27(33(2,29)30)7-8-31-19(13)21(23,24)25/h3-6,9-10,19H,7-8H2,1-2H3,(H,26,28). The first-order chi connectivity index (χ1) is 15.4. The van der Waals surface area contributed by atoms with Gasteiger partial charge in [0, 0.05) is 29.6 Å². The number of sulfonamides is 1. The molecule has 7 nitrogen and oxygen atoms in total. The highest BCUT2D eigenvalue weighted by Gasteiger charge is 2.46. The molecule has 0 saturated carbocycles. The third kappa shape index (κ3) is 4.15. The molecule has 4 rings (SSSR count). The molecule has 2 aromatic carbocycles. The van der Waals surface area contributed by atoms with Crippen LogP contribution in [0.2, 0.25) is 0 Å². The van der Waals surface area contributed by atoms with Crippen molar-refractivity contribution in [2.75, 3.05) is 30.8 Å². The predicted octanol–water partition coefficient (Wildman–Crippen LogP) is 4.00. The molecule has 1 aromatic heterocycles. The van der Waals surface area contributed by atoms with Crippen molar-refractivity contribution < 1.29 is 39.9 Å². The zero-order chi connectivity index (χ0) is 24.1. The molecule has 0 spiro atoms. The Hall–Kier alpha value is -3.12. The number of furan rings is 1. The number of benzene rings is 2. The Morgan fingerprint density at radius 3 is 2.42 bits per heavy atom. The Labute approximate surface area is 186 Å². The normalized spacial score (nSPS) is 17.0. The number of hydrogen-bond donors (Lipinski definition) is 1. The van der Waals surface area contributed by atoms with Crippen LogP contribution >= 0.6 is 0 Å². The maximum atomic E-state index is 13.8. The van der Waals surface area contributed by atoms with Gasteiger partial charge in [-0.15, -0.1) is 0 Å². The topological polar surface area (TPSA) is 88.8 Å². The summed E-state index contributed by atoms with van der Waals surface area (Å²) < 4.78 is 91.2. The van der Waals surface area contributed by atoms with Gasteiger partial charge in [-0.25, -0.2) is 12.8 Å². The van der Waals surface area contributed by atoms with E-state index in [-0.39, 0.29) is 34.5 Å². The largest absolute Gasteiger partial charge is 0.455 e. The molecule has 1 aliphatic rings. The lowest BCUT2D eigenvalue weighted by Gasteiger charge is -2.23. The number of ether oxygens (including phenoxy) is 1. The van der Waals surface area contributed by atoms with Crippen LogP contribution in [0.25, 0.3) is 22.3 Å². The van der Waals surface area contributed by atoms with Crippen LogP contribution < -0.4 is 9.62 Å².